The molecule has 2 saturated heterocycles. The molecule has 45 heavy (non-hydrogen) atoms. The Morgan fingerprint density at radius 3 is 2.27 bits per heavy atom. The Bertz CT molecular complexity index is 1510. The zero-order chi connectivity index (χ0) is 31.7. The van der Waals surface area contributed by atoms with E-state index < -0.39 is 11.5 Å². The number of anilines is 4. The van der Waals surface area contributed by atoms with Crippen molar-refractivity contribution in [1.82, 2.24) is 15.3 Å². The number of nitrogens with zero attached hydrogens (tertiary/aromatic N) is 4. The normalized spacial score (nSPS) is 21.0. The van der Waals surface area contributed by atoms with Crippen LogP contribution in [0.5, 0.6) is 0 Å². The van der Waals surface area contributed by atoms with E-state index in [0.29, 0.717) is 29.0 Å². The lowest BCUT2D eigenvalue weighted by molar-refractivity contribution is 0.00651. The van der Waals surface area contributed by atoms with Gasteiger partial charge >= 0.3 is 0 Å². The SMILES string of the molecule is C[C@@H]1[C@H](NC(=O)c2ccc(C3CC3)cc2)CCCN1c1cnc(C(N)=O)c(Nc2ccc(N3CCC(C(C)(C)O)CC3)cc2)n1. The van der Waals surface area contributed by atoms with Gasteiger partial charge in [-0.15, -0.1) is 0 Å². The Labute approximate surface area is 265 Å². The molecule has 6 rings (SSSR count). The molecule has 0 unspecified atom stereocenters. The van der Waals surface area contributed by atoms with Crippen molar-refractivity contribution in [2.45, 2.75) is 82.9 Å². The first kappa shape index (κ1) is 30.8. The highest BCUT2D eigenvalue weighted by Gasteiger charge is 2.32. The summed E-state index contributed by atoms with van der Waals surface area (Å²) in [6.45, 7) is 8.41. The average Bonchev–Trinajstić information content (AvgIpc) is 3.88. The molecule has 238 valence electrons. The largest absolute Gasteiger partial charge is 0.390 e. The van der Waals surface area contributed by atoms with Gasteiger partial charge in [0.15, 0.2) is 11.5 Å². The lowest BCUT2D eigenvalue weighted by Gasteiger charge is -2.40. The summed E-state index contributed by atoms with van der Waals surface area (Å²) >= 11 is 0. The number of primary amides is 1. The van der Waals surface area contributed by atoms with Crippen molar-refractivity contribution in [3.63, 3.8) is 0 Å². The molecule has 3 heterocycles. The molecule has 1 aromatic heterocycles. The van der Waals surface area contributed by atoms with E-state index in [-0.39, 0.29) is 23.7 Å². The Balaban J connectivity index is 1.13. The number of benzene rings is 2. The highest BCUT2D eigenvalue weighted by molar-refractivity contribution is 5.96. The van der Waals surface area contributed by atoms with E-state index in [9.17, 15) is 14.7 Å². The van der Waals surface area contributed by atoms with Crippen molar-refractivity contribution in [2.24, 2.45) is 11.7 Å². The quantitative estimate of drug-likeness (QED) is 0.266. The van der Waals surface area contributed by atoms with Crippen LogP contribution in [0.1, 0.15) is 91.6 Å². The monoisotopic (exact) mass is 611 g/mol. The molecule has 2 aromatic carbocycles. The van der Waals surface area contributed by atoms with Crippen LogP contribution in [0, 0.1) is 5.92 Å². The number of hydrogen-bond acceptors (Lipinski definition) is 8. The number of piperidine rings is 2. The minimum atomic E-state index is -0.660. The molecular formula is C35H45N7O3. The molecule has 3 aromatic rings. The van der Waals surface area contributed by atoms with Crippen LogP contribution in [0.2, 0.25) is 0 Å². The van der Waals surface area contributed by atoms with Gasteiger partial charge in [-0.25, -0.2) is 9.97 Å². The zero-order valence-corrected chi connectivity index (χ0v) is 26.5. The van der Waals surface area contributed by atoms with E-state index in [2.05, 4.69) is 44.5 Å². The van der Waals surface area contributed by atoms with Crippen LogP contribution < -0.4 is 26.2 Å². The van der Waals surface area contributed by atoms with Crippen LogP contribution in [0.4, 0.5) is 23.0 Å². The highest BCUT2D eigenvalue weighted by atomic mass is 16.3. The van der Waals surface area contributed by atoms with Gasteiger partial charge in [-0.2, -0.15) is 0 Å². The summed E-state index contributed by atoms with van der Waals surface area (Å²) in [4.78, 5) is 39.1. The van der Waals surface area contributed by atoms with Crippen LogP contribution in [0.3, 0.4) is 0 Å². The fourth-order valence-corrected chi connectivity index (χ4v) is 6.76. The Hall–Kier alpha value is -4.18. The number of nitrogens with two attached hydrogens (primary N) is 1. The second-order valence-electron chi connectivity index (χ2n) is 13.4. The molecule has 0 radical (unpaired) electrons. The van der Waals surface area contributed by atoms with E-state index in [1.54, 1.807) is 6.20 Å². The van der Waals surface area contributed by atoms with Crippen LogP contribution in [0.25, 0.3) is 0 Å². The van der Waals surface area contributed by atoms with E-state index in [4.69, 9.17) is 10.7 Å². The minimum absolute atomic E-state index is 0.0325. The number of amides is 2. The van der Waals surface area contributed by atoms with Crippen LogP contribution >= 0.6 is 0 Å². The summed E-state index contributed by atoms with van der Waals surface area (Å²) in [6.07, 6.45) is 7.69. The highest BCUT2D eigenvalue weighted by Crippen LogP contribution is 2.40. The molecule has 2 amide bonds. The second kappa shape index (κ2) is 12.7. The minimum Gasteiger partial charge on any atom is -0.390 e. The van der Waals surface area contributed by atoms with E-state index in [1.807, 2.05) is 50.2 Å². The van der Waals surface area contributed by atoms with Crippen LogP contribution in [-0.2, 0) is 0 Å². The Morgan fingerprint density at radius 2 is 1.64 bits per heavy atom. The smallest absolute Gasteiger partial charge is 0.271 e. The number of carbonyl (C=O) groups is 2. The predicted octanol–water partition coefficient (Wildman–Crippen LogP) is 4.97. The maximum Gasteiger partial charge on any atom is 0.271 e. The fraction of sp³-hybridized carbons (Fsp3) is 0.486. The summed E-state index contributed by atoms with van der Waals surface area (Å²) < 4.78 is 0. The number of aromatic nitrogens is 2. The molecule has 2 atom stereocenters. The van der Waals surface area contributed by atoms with Gasteiger partial charge in [0.25, 0.3) is 11.8 Å². The van der Waals surface area contributed by atoms with E-state index in [0.717, 1.165) is 56.7 Å². The van der Waals surface area contributed by atoms with Crippen molar-refractivity contribution in [3.05, 3.63) is 71.5 Å². The van der Waals surface area contributed by atoms with Crippen molar-refractivity contribution in [2.75, 3.05) is 34.8 Å². The van der Waals surface area contributed by atoms with Gasteiger partial charge < -0.3 is 31.3 Å². The maximum absolute atomic E-state index is 13.1. The first-order chi connectivity index (χ1) is 21.6. The van der Waals surface area contributed by atoms with Gasteiger partial charge in [0.1, 0.15) is 5.82 Å². The summed E-state index contributed by atoms with van der Waals surface area (Å²) in [6, 6.07) is 15.9. The van der Waals surface area contributed by atoms with Crippen molar-refractivity contribution in [3.8, 4) is 0 Å². The predicted molar refractivity (Wildman–Crippen MR) is 177 cm³/mol. The van der Waals surface area contributed by atoms with Crippen molar-refractivity contribution < 1.29 is 14.7 Å². The van der Waals surface area contributed by atoms with Gasteiger partial charge in [-0.1, -0.05) is 12.1 Å². The zero-order valence-electron chi connectivity index (χ0n) is 26.5. The van der Waals surface area contributed by atoms with Gasteiger partial charge in [0, 0.05) is 48.7 Å². The lowest BCUT2D eigenvalue weighted by Crippen LogP contribution is -2.54. The lowest BCUT2D eigenvalue weighted by atomic mass is 9.83. The van der Waals surface area contributed by atoms with Gasteiger partial charge in [-0.05, 0) is 113 Å². The summed E-state index contributed by atoms with van der Waals surface area (Å²) in [7, 11) is 0. The molecule has 0 spiro atoms. The molecule has 10 nitrogen and oxygen atoms in total. The van der Waals surface area contributed by atoms with E-state index >= 15 is 0 Å². The number of carbonyl (C=O) groups excluding carboxylic acids is 2. The van der Waals surface area contributed by atoms with Crippen LogP contribution in [-0.4, -0.2) is 64.2 Å². The molecule has 10 heteroatoms. The third-order valence-electron chi connectivity index (χ3n) is 9.80. The van der Waals surface area contributed by atoms with Crippen molar-refractivity contribution >= 4 is 34.8 Å². The summed E-state index contributed by atoms with van der Waals surface area (Å²) in [5, 5.41) is 16.9. The van der Waals surface area contributed by atoms with Gasteiger partial charge in [0.05, 0.1) is 11.8 Å². The second-order valence-corrected chi connectivity index (χ2v) is 13.4. The Kier molecular flexibility index (Phi) is 8.68. The maximum atomic E-state index is 13.1. The van der Waals surface area contributed by atoms with Crippen LogP contribution in [0.15, 0.2) is 54.7 Å². The van der Waals surface area contributed by atoms with Crippen molar-refractivity contribution in [1.29, 1.82) is 0 Å². The number of nitrogens with one attached hydrogen (secondary N) is 2. The average molecular weight is 612 g/mol. The van der Waals surface area contributed by atoms with Gasteiger partial charge in [0.2, 0.25) is 0 Å². The van der Waals surface area contributed by atoms with E-state index in [1.165, 1.54) is 18.4 Å². The summed E-state index contributed by atoms with van der Waals surface area (Å²) in [5.41, 5.74) is 8.95. The number of aliphatic hydroxyl groups is 1. The standard InChI is InChI=1S/C35H45N7O3/c1-22-29(39-34(44)25-10-8-24(9-11-25)23-6-7-23)5-4-18-42(22)30-21-37-31(32(36)43)33(40-30)38-27-12-14-28(15-13-27)41-19-16-26(17-20-41)35(2,3)45/h8-15,21-23,26,29,45H,4-7,16-20H2,1-3H3,(H2,36,43)(H,38,40)(H,39,44)/t22-,29-/m1/s1. The number of rotatable bonds is 9. The fourth-order valence-electron chi connectivity index (χ4n) is 6.76. The molecule has 1 saturated carbocycles. The third-order valence-corrected chi connectivity index (χ3v) is 9.80. The molecule has 5 N–H and O–H groups in total. The topological polar surface area (TPSA) is 137 Å². The molecule has 3 aliphatic rings. The first-order valence-electron chi connectivity index (χ1n) is 16.3. The molecular weight excluding hydrogens is 566 g/mol. The first-order valence-corrected chi connectivity index (χ1v) is 16.3. The number of hydrogen-bond donors (Lipinski definition) is 4. The molecule has 2 aliphatic heterocycles. The third kappa shape index (κ3) is 7.06. The molecule has 1 aliphatic carbocycles. The van der Waals surface area contributed by atoms with Gasteiger partial charge in [-0.3, -0.25) is 9.59 Å². The summed E-state index contributed by atoms with van der Waals surface area (Å²) in [5.74, 6) is 1.14. The Morgan fingerprint density at radius 1 is 0.956 bits per heavy atom. The molecule has 3 fully saturated rings. The molecule has 0 bridgehead atoms.